The van der Waals surface area contributed by atoms with Crippen LogP contribution in [-0.2, 0) is 13.1 Å². The van der Waals surface area contributed by atoms with Gasteiger partial charge >= 0.3 is 0 Å². The highest BCUT2D eigenvalue weighted by Crippen LogP contribution is 2.28. The Labute approximate surface area is 129 Å². The van der Waals surface area contributed by atoms with E-state index < -0.39 is 0 Å². The van der Waals surface area contributed by atoms with Crippen molar-refractivity contribution in [3.8, 4) is 0 Å². The molecular formula is C18H30N2O. The summed E-state index contributed by atoms with van der Waals surface area (Å²) in [6.07, 6.45) is 8.13. The molecule has 3 heteroatoms. The van der Waals surface area contributed by atoms with Gasteiger partial charge in [0.1, 0.15) is 11.5 Å². The second-order valence-corrected chi connectivity index (χ2v) is 7.28. The van der Waals surface area contributed by atoms with Crippen LogP contribution in [0, 0.1) is 12.8 Å². The molecule has 2 aliphatic carbocycles. The highest BCUT2D eigenvalue weighted by atomic mass is 16.3. The van der Waals surface area contributed by atoms with Crippen molar-refractivity contribution in [3.63, 3.8) is 0 Å². The van der Waals surface area contributed by atoms with E-state index in [0.717, 1.165) is 42.6 Å². The first kappa shape index (κ1) is 15.1. The van der Waals surface area contributed by atoms with Gasteiger partial charge in [-0.1, -0.05) is 6.92 Å². The molecule has 118 valence electrons. The van der Waals surface area contributed by atoms with E-state index >= 15 is 0 Å². The minimum atomic E-state index is 0.741. The summed E-state index contributed by atoms with van der Waals surface area (Å²) in [6, 6.07) is 3.75. The largest absolute Gasteiger partial charge is 0.465 e. The lowest BCUT2D eigenvalue weighted by Gasteiger charge is -2.33. The maximum absolute atomic E-state index is 5.91. The van der Waals surface area contributed by atoms with Gasteiger partial charge < -0.3 is 9.73 Å². The molecule has 0 amide bonds. The standard InChI is InChI=1S/C18H30N2O/c1-13-4-8-17(9-5-13)20(3)12-15-10-18(21-14(15)2)11-19-16-6-7-16/h10,13,16-17,19H,4-9,11-12H2,1-3H3. The third kappa shape index (κ3) is 4.10. The molecule has 1 aromatic heterocycles. The molecule has 1 N–H and O–H groups in total. The molecule has 1 heterocycles. The van der Waals surface area contributed by atoms with Crippen molar-refractivity contribution < 1.29 is 4.42 Å². The molecule has 0 aliphatic heterocycles. The van der Waals surface area contributed by atoms with Crippen LogP contribution >= 0.6 is 0 Å². The number of nitrogens with zero attached hydrogens (tertiary/aromatic N) is 1. The Morgan fingerprint density at radius 2 is 1.90 bits per heavy atom. The smallest absolute Gasteiger partial charge is 0.118 e. The van der Waals surface area contributed by atoms with Gasteiger partial charge in [-0.15, -0.1) is 0 Å². The summed E-state index contributed by atoms with van der Waals surface area (Å²) in [5.41, 5.74) is 1.36. The average molecular weight is 290 g/mol. The normalized spacial score (nSPS) is 26.5. The van der Waals surface area contributed by atoms with Gasteiger partial charge in [0.2, 0.25) is 0 Å². The van der Waals surface area contributed by atoms with Gasteiger partial charge in [-0.3, -0.25) is 4.90 Å². The number of hydrogen-bond donors (Lipinski definition) is 1. The molecule has 2 saturated carbocycles. The fourth-order valence-corrected chi connectivity index (χ4v) is 3.45. The van der Waals surface area contributed by atoms with Gasteiger partial charge in [-0.25, -0.2) is 0 Å². The minimum absolute atomic E-state index is 0.741. The van der Waals surface area contributed by atoms with Crippen molar-refractivity contribution in [2.45, 2.75) is 77.5 Å². The summed E-state index contributed by atoms with van der Waals surface area (Å²) in [6.45, 7) is 6.40. The summed E-state index contributed by atoms with van der Waals surface area (Å²) in [7, 11) is 2.27. The van der Waals surface area contributed by atoms with Crippen molar-refractivity contribution in [1.82, 2.24) is 10.2 Å². The molecule has 3 nitrogen and oxygen atoms in total. The van der Waals surface area contributed by atoms with Crippen LogP contribution < -0.4 is 5.32 Å². The lowest BCUT2D eigenvalue weighted by Crippen LogP contribution is -2.34. The number of furan rings is 1. The molecule has 2 aliphatic rings. The highest BCUT2D eigenvalue weighted by Gasteiger charge is 2.23. The van der Waals surface area contributed by atoms with Crippen molar-refractivity contribution >= 4 is 0 Å². The van der Waals surface area contributed by atoms with Gasteiger partial charge in [0.05, 0.1) is 6.54 Å². The molecule has 0 spiro atoms. The monoisotopic (exact) mass is 290 g/mol. The van der Waals surface area contributed by atoms with Crippen LogP contribution in [0.15, 0.2) is 10.5 Å². The van der Waals surface area contributed by atoms with Crippen LogP contribution in [0.3, 0.4) is 0 Å². The van der Waals surface area contributed by atoms with E-state index in [1.165, 1.54) is 44.1 Å². The third-order valence-electron chi connectivity index (χ3n) is 5.24. The molecule has 3 rings (SSSR count). The van der Waals surface area contributed by atoms with Gasteiger partial charge in [0.15, 0.2) is 0 Å². The molecule has 0 unspecified atom stereocenters. The topological polar surface area (TPSA) is 28.4 Å². The SMILES string of the molecule is Cc1oc(CNC2CC2)cc1CN(C)C1CCC(C)CC1. The molecule has 0 atom stereocenters. The molecule has 0 bridgehead atoms. The van der Waals surface area contributed by atoms with E-state index in [4.69, 9.17) is 4.42 Å². The van der Waals surface area contributed by atoms with Crippen LogP contribution in [0.25, 0.3) is 0 Å². The van der Waals surface area contributed by atoms with Crippen LogP contribution in [0.4, 0.5) is 0 Å². The average Bonchev–Trinajstić information content (AvgIpc) is 3.23. The predicted molar refractivity (Wildman–Crippen MR) is 86.2 cm³/mol. The second-order valence-electron chi connectivity index (χ2n) is 7.28. The molecule has 0 aromatic carbocycles. The quantitative estimate of drug-likeness (QED) is 0.862. The zero-order valence-corrected chi connectivity index (χ0v) is 13.8. The van der Waals surface area contributed by atoms with E-state index in [-0.39, 0.29) is 0 Å². The molecule has 0 radical (unpaired) electrons. The summed E-state index contributed by atoms with van der Waals surface area (Å²) in [5.74, 6) is 3.11. The molecule has 21 heavy (non-hydrogen) atoms. The Balaban J connectivity index is 1.53. The fourth-order valence-electron chi connectivity index (χ4n) is 3.45. The third-order valence-corrected chi connectivity index (χ3v) is 5.24. The van der Waals surface area contributed by atoms with Crippen LogP contribution in [0.5, 0.6) is 0 Å². The first-order chi connectivity index (χ1) is 10.1. The van der Waals surface area contributed by atoms with E-state index in [9.17, 15) is 0 Å². The minimum Gasteiger partial charge on any atom is -0.465 e. The zero-order chi connectivity index (χ0) is 14.8. The van der Waals surface area contributed by atoms with Crippen LogP contribution in [0.1, 0.15) is 62.5 Å². The Morgan fingerprint density at radius 3 is 2.57 bits per heavy atom. The summed E-state index contributed by atoms with van der Waals surface area (Å²) in [4.78, 5) is 2.53. The van der Waals surface area contributed by atoms with Crippen LogP contribution in [0.2, 0.25) is 0 Å². The van der Waals surface area contributed by atoms with E-state index in [1.54, 1.807) is 0 Å². The lowest BCUT2D eigenvalue weighted by atomic mass is 9.86. The van der Waals surface area contributed by atoms with Gasteiger partial charge in [0.25, 0.3) is 0 Å². The number of nitrogens with one attached hydrogen (secondary N) is 1. The van der Waals surface area contributed by atoms with Crippen molar-refractivity contribution in [3.05, 3.63) is 23.2 Å². The van der Waals surface area contributed by atoms with Gasteiger partial charge in [-0.05, 0) is 64.5 Å². The first-order valence-corrected chi connectivity index (χ1v) is 8.63. The lowest BCUT2D eigenvalue weighted by molar-refractivity contribution is 0.163. The Morgan fingerprint density at radius 1 is 1.19 bits per heavy atom. The van der Waals surface area contributed by atoms with Crippen molar-refractivity contribution in [2.24, 2.45) is 5.92 Å². The van der Waals surface area contributed by atoms with E-state index in [2.05, 4.69) is 37.2 Å². The van der Waals surface area contributed by atoms with Crippen LogP contribution in [-0.4, -0.2) is 24.0 Å². The highest BCUT2D eigenvalue weighted by molar-refractivity contribution is 5.21. The second kappa shape index (κ2) is 6.53. The van der Waals surface area contributed by atoms with Gasteiger partial charge in [0, 0.05) is 24.2 Å². The first-order valence-electron chi connectivity index (χ1n) is 8.63. The summed E-state index contributed by atoms with van der Waals surface area (Å²) >= 11 is 0. The van der Waals surface area contributed by atoms with Crippen molar-refractivity contribution in [2.75, 3.05) is 7.05 Å². The summed E-state index contributed by atoms with van der Waals surface area (Å²) < 4.78 is 5.91. The number of hydrogen-bond acceptors (Lipinski definition) is 3. The van der Waals surface area contributed by atoms with Gasteiger partial charge in [-0.2, -0.15) is 0 Å². The fraction of sp³-hybridized carbons (Fsp3) is 0.778. The Hall–Kier alpha value is -0.800. The molecule has 1 aromatic rings. The molecule has 0 saturated heterocycles. The van der Waals surface area contributed by atoms with Crippen molar-refractivity contribution in [1.29, 1.82) is 0 Å². The number of rotatable bonds is 6. The molecular weight excluding hydrogens is 260 g/mol. The number of aryl methyl sites for hydroxylation is 1. The predicted octanol–water partition coefficient (Wildman–Crippen LogP) is 3.85. The maximum Gasteiger partial charge on any atom is 0.118 e. The molecule has 2 fully saturated rings. The van der Waals surface area contributed by atoms with E-state index in [1.807, 2.05) is 0 Å². The maximum atomic E-state index is 5.91. The van der Waals surface area contributed by atoms with E-state index in [0.29, 0.717) is 0 Å². The summed E-state index contributed by atoms with van der Waals surface area (Å²) in [5, 5.41) is 3.53. The zero-order valence-electron chi connectivity index (χ0n) is 13.8. The Kier molecular flexibility index (Phi) is 4.70. The Bertz CT molecular complexity index is 456.